The van der Waals surface area contributed by atoms with Crippen LogP contribution in [0.4, 0.5) is 9.18 Å². The number of nitrogens with one attached hydrogen (secondary N) is 1. The summed E-state index contributed by atoms with van der Waals surface area (Å²) in [6.07, 6.45) is 4.73. The van der Waals surface area contributed by atoms with Gasteiger partial charge in [0.05, 0.1) is 17.5 Å². The molecule has 1 N–H and O–H groups in total. The van der Waals surface area contributed by atoms with Crippen molar-refractivity contribution in [2.75, 3.05) is 19.5 Å². The van der Waals surface area contributed by atoms with E-state index in [0.717, 1.165) is 38.4 Å². The number of rotatable bonds is 14. The first kappa shape index (κ1) is 28.5. The Kier molecular flexibility index (Phi) is 12.9. The minimum Gasteiger partial charge on any atom is -0.434 e. The first-order chi connectivity index (χ1) is 15.1. The zero-order valence-electron chi connectivity index (χ0n) is 18.2. The predicted octanol–water partition coefficient (Wildman–Crippen LogP) is 4.90. The zero-order valence-corrected chi connectivity index (χ0v) is 20.5. The molecule has 1 amide bonds. The van der Waals surface area contributed by atoms with Crippen LogP contribution < -0.4 is 5.32 Å². The van der Waals surface area contributed by atoms with E-state index in [4.69, 9.17) is 32.7 Å². The molecule has 11 heteroatoms. The smallest absolute Gasteiger partial charge is 0.434 e. The van der Waals surface area contributed by atoms with Crippen molar-refractivity contribution in [3.05, 3.63) is 29.8 Å². The van der Waals surface area contributed by atoms with Crippen LogP contribution in [0.25, 0.3) is 0 Å². The molecule has 2 atom stereocenters. The summed E-state index contributed by atoms with van der Waals surface area (Å²) in [6, 6.07) is 4.02. The van der Waals surface area contributed by atoms with E-state index in [1.54, 1.807) is 0 Å². The van der Waals surface area contributed by atoms with Crippen LogP contribution in [-0.2, 0) is 24.1 Å². The van der Waals surface area contributed by atoms with Gasteiger partial charge in [-0.05, 0) is 24.1 Å². The Balaban J connectivity index is 2.88. The zero-order chi connectivity index (χ0) is 24.1. The Morgan fingerprint density at radius 3 is 2.19 bits per heavy atom. The topological polar surface area (TPSA) is 98.8 Å². The summed E-state index contributed by atoms with van der Waals surface area (Å²) in [5.74, 6) is -0.863. The third-order valence-electron chi connectivity index (χ3n) is 4.64. The lowest BCUT2D eigenvalue weighted by molar-refractivity contribution is -0.121. The summed E-state index contributed by atoms with van der Waals surface area (Å²) >= 11 is 11.0. The molecular weight excluding hydrogens is 484 g/mol. The van der Waals surface area contributed by atoms with Crippen molar-refractivity contribution in [3.8, 4) is 0 Å². The largest absolute Gasteiger partial charge is 0.508 e. The van der Waals surface area contributed by atoms with E-state index in [-0.39, 0.29) is 17.1 Å². The maximum absolute atomic E-state index is 13.8. The number of ether oxygens (including phenoxy) is 2. The summed E-state index contributed by atoms with van der Waals surface area (Å²) < 4.78 is 47.5. The molecule has 0 radical (unpaired) electrons. The fourth-order valence-electron chi connectivity index (χ4n) is 2.90. The van der Waals surface area contributed by atoms with E-state index in [0.29, 0.717) is 6.42 Å². The molecule has 0 fully saturated rings. The number of amides is 1. The molecule has 0 saturated heterocycles. The van der Waals surface area contributed by atoms with Crippen molar-refractivity contribution in [1.29, 1.82) is 0 Å². The van der Waals surface area contributed by atoms with Crippen LogP contribution in [-0.4, -0.2) is 50.9 Å². The molecule has 0 aliphatic carbocycles. The molecular formula is C21H30Cl2FNO6S. The Labute approximate surface area is 198 Å². The molecule has 1 aromatic rings. The van der Waals surface area contributed by atoms with Crippen molar-refractivity contribution >= 4 is 45.1 Å². The second-order valence-electron chi connectivity index (χ2n) is 7.32. The van der Waals surface area contributed by atoms with Crippen molar-refractivity contribution in [3.63, 3.8) is 0 Å². The summed E-state index contributed by atoms with van der Waals surface area (Å²) in [5.41, 5.74) is 0.262. The van der Waals surface area contributed by atoms with E-state index in [1.807, 2.05) is 0 Å². The molecule has 32 heavy (non-hydrogen) atoms. The van der Waals surface area contributed by atoms with Crippen LogP contribution in [0.3, 0.4) is 0 Å². The van der Waals surface area contributed by atoms with E-state index in [1.165, 1.54) is 24.3 Å². The lowest BCUT2D eigenvalue weighted by atomic mass is 10.0. The van der Waals surface area contributed by atoms with Gasteiger partial charge in [-0.2, -0.15) is 0 Å². The minimum atomic E-state index is -3.46. The molecule has 7 nitrogen and oxygen atoms in total. The van der Waals surface area contributed by atoms with Gasteiger partial charge in [-0.15, -0.1) is 0 Å². The van der Waals surface area contributed by atoms with Gasteiger partial charge in [0, 0.05) is 6.26 Å². The number of unbranched alkanes of at least 4 members (excludes halogenated alkanes) is 5. The Hall–Kier alpha value is -1.58. The van der Waals surface area contributed by atoms with Gasteiger partial charge in [0.25, 0.3) is 5.91 Å². The van der Waals surface area contributed by atoms with Gasteiger partial charge in [-0.3, -0.25) is 4.79 Å². The molecule has 0 saturated carbocycles. The average Bonchev–Trinajstić information content (AvgIpc) is 2.74. The second kappa shape index (κ2) is 14.5. The number of carbonyl (C=O) groups excluding carboxylic acids is 2. The Morgan fingerprint density at radius 1 is 1.06 bits per heavy atom. The standard InChI is InChI=1S/C21H30Cl2FNO6S/c1-3-4-5-6-7-8-13-30-21(27)31-18(17(14-24)25-20(26)19(22)23)15-9-11-16(12-10-15)32(2,28)29/h9-12,17-19H,3-8,13-14H2,1-2H3,(H,25,26)/t17-,18-/m1/s1. The summed E-state index contributed by atoms with van der Waals surface area (Å²) in [5, 5.41) is 2.28. The van der Waals surface area contributed by atoms with Crippen LogP contribution in [0.2, 0.25) is 0 Å². The summed E-state index contributed by atoms with van der Waals surface area (Å²) in [7, 11) is -3.46. The molecule has 0 aromatic heterocycles. The number of sulfone groups is 1. The third-order valence-corrected chi connectivity index (χ3v) is 6.16. The van der Waals surface area contributed by atoms with E-state index >= 15 is 0 Å². The van der Waals surface area contributed by atoms with E-state index in [9.17, 15) is 22.4 Å². The number of benzene rings is 1. The highest BCUT2D eigenvalue weighted by molar-refractivity contribution is 7.90. The quantitative estimate of drug-likeness (QED) is 0.215. The summed E-state index contributed by atoms with van der Waals surface area (Å²) in [6.45, 7) is 1.16. The van der Waals surface area contributed by atoms with Crippen molar-refractivity contribution in [2.24, 2.45) is 0 Å². The van der Waals surface area contributed by atoms with Gasteiger partial charge in [0.2, 0.25) is 0 Å². The normalized spacial score (nSPS) is 13.4. The van der Waals surface area contributed by atoms with E-state index < -0.39 is 45.6 Å². The van der Waals surface area contributed by atoms with Crippen LogP contribution in [0.1, 0.15) is 57.1 Å². The van der Waals surface area contributed by atoms with E-state index in [2.05, 4.69) is 12.2 Å². The summed E-state index contributed by atoms with van der Waals surface area (Å²) in [4.78, 5) is 22.6. The third kappa shape index (κ3) is 10.4. The minimum absolute atomic E-state index is 0.0352. The maximum atomic E-state index is 13.8. The fraction of sp³-hybridized carbons (Fsp3) is 0.619. The van der Waals surface area contributed by atoms with Crippen LogP contribution in [0.5, 0.6) is 0 Å². The van der Waals surface area contributed by atoms with Crippen LogP contribution >= 0.6 is 23.2 Å². The van der Waals surface area contributed by atoms with Gasteiger partial charge >= 0.3 is 6.16 Å². The lowest BCUT2D eigenvalue weighted by Gasteiger charge is -2.26. The first-order valence-electron chi connectivity index (χ1n) is 10.4. The molecule has 0 spiro atoms. The SMILES string of the molecule is CCCCCCCCOC(=O)O[C@H](c1ccc(S(C)(=O)=O)cc1)[C@@H](CF)NC(=O)C(Cl)Cl. The fourth-order valence-corrected chi connectivity index (χ4v) is 3.66. The molecule has 0 unspecified atom stereocenters. The van der Waals surface area contributed by atoms with Crippen molar-refractivity contribution in [1.82, 2.24) is 5.32 Å². The highest BCUT2D eigenvalue weighted by Crippen LogP contribution is 2.25. The number of halogens is 3. The van der Waals surface area contributed by atoms with Gasteiger partial charge in [-0.25, -0.2) is 17.6 Å². The highest BCUT2D eigenvalue weighted by Gasteiger charge is 2.31. The second-order valence-corrected chi connectivity index (χ2v) is 10.4. The molecule has 1 aromatic carbocycles. The molecule has 1 rings (SSSR count). The number of alkyl halides is 3. The van der Waals surface area contributed by atoms with Crippen molar-refractivity contribution in [2.45, 2.75) is 67.3 Å². The van der Waals surface area contributed by atoms with Crippen LogP contribution in [0, 0.1) is 0 Å². The van der Waals surface area contributed by atoms with Gasteiger partial charge in [0.1, 0.15) is 6.67 Å². The highest BCUT2D eigenvalue weighted by atomic mass is 35.5. The Bertz CT molecular complexity index is 820. The monoisotopic (exact) mass is 513 g/mol. The molecule has 0 aliphatic heterocycles. The van der Waals surface area contributed by atoms with Gasteiger partial charge in [-0.1, -0.05) is 74.4 Å². The number of carbonyl (C=O) groups is 2. The maximum Gasteiger partial charge on any atom is 0.508 e. The molecule has 0 aliphatic rings. The molecule has 0 heterocycles. The van der Waals surface area contributed by atoms with Gasteiger partial charge in [0.15, 0.2) is 20.8 Å². The van der Waals surface area contributed by atoms with Crippen molar-refractivity contribution < 1.29 is 31.9 Å². The number of hydrogen-bond acceptors (Lipinski definition) is 6. The predicted molar refractivity (Wildman–Crippen MR) is 122 cm³/mol. The van der Waals surface area contributed by atoms with Crippen LogP contribution in [0.15, 0.2) is 29.2 Å². The first-order valence-corrected chi connectivity index (χ1v) is 13.1. The molecule has 0 bridgehead atoms. The lowest BCUT2D eigenvalue weighted by Crippen LogP contribution is -2.44. The Morgan fingerprint density at radius 2 is 1.66 bits per heavy atom. The average molecular weight is 514 g/mol. The molecule has 182 valence electrons. The number of hydrogen-bond donors (Lipinski definition) is 1. The van der Waals surface area contributed by atoms with Gasteiger partial charge < -0.3 is 14.8 Å².